The van der Waals surface area contributed by atoms with Gasteiger partial charge in [0.1, 0.15) is 0 Å². The molecule has 0 aromatic carbocycles. The molecular weight excluding hydrogens is 198 g/mol. The Morgan fingerprint density at radius 3 is 2.75 bits per heavy atom. The van der Waals surface area contributed by atoms with Crippen molar-refractivity contribution in [3.63, 3.8) is 0 Å². The van der Waals surface area contributed by atoms with Gasteiger partial charge in [0.25, 0.3) is 0 Å². The predicted octanol–water partition coefficient (Wildman–Crippen LogP) is 2.23. The largest absolute Gasteiger partial charge is 0.316 e. The molecule has 3 heteroatoms. The topological polar surface area (TPSA) is 29.9 Å². The molecule has 2 atom stereocenters. The molecular formula is C13H23N3. The Morgan fingerprint density at radius 1 is 1.44 bits per heavy atom. The number of aromatic nitrogens is 2. The van der Waals surface area contributed by atoms with Gasteiger partial charge < -0.3 is 5.32 Å². The average Bonchev–Trinajstić information content (AvgIpc) is 2.55. The van der Waals surface area contributed by atoms with E-state index in [0.29, 0.717) is 12.0 Å². The number of nitrogens with one attached hydrogen (secondary N) is 1. The Labute approximate surface area is 98.2 Å². The fourth-order valence-electron chi connectivity index (χ4n) is 2.90. The predicted molar refractivity (Wildman–Crippen MR) is 66.8 cm³/mol. The van der Waals surface area contributed by atoms with E-state index in [1.807, 2.05) is 0 Å². The molecule has 1 aliphatic heterocycles. The van der Waals surface area contributed by atoms with Gasteiger partial charge in [-0.15, -0.1) is 0 Å². The monoisotopic (exact) mass is 221 g/mol. The highest BCUT2D eigenvalue weighted by Crippen LogP contribution is 2.27. The van der Waals surface area contributed by atoms with E-state index < -0.39 is 0 Å². The summed E-state index contributed by atoms with van der Waals surface area (Å²) in [6.45, 7) is 11.1. The molecule has 0 saturated carbocycles. The zero-order valence-electron chi connectivity index (χ0n) is 10.9. The first-order valence-corrected chi connectivity index (χ1v) is 6.40. The summed E-state index contributed by atoms with van der Waals surface area (Å²) in [7, 11) is 0. The summed E-state index contributed by atoms with van der Waals surface area (Å²) in [6, 6.07) is 0.584. The summed E-state index contributed by atoms with van der Waals surface area (Å²) in [5, 5.41) is 8.19. The van der Waals surface area contributed by atoms with Crippen molar-refractivity contribution < 1.29 is 0 Å². The standard InChI is InChI=1S/C13H23N3/c1-5-12-10(3)15-16(11(12)4)13-6-7-14-8-9(13)2/h9,13-14H,5-8H2,1-4H3. The van der Waals surface area contributed by atoms with E-state index in [-0.39, 0.29) is 0 Å². The summed E-state index contributed by atoms with van der Waals surface area (Å²) < 4.78 is 2.28. The Kier molecular flexibility index (Phi) is 3.33. The molecule has 16 heavy (non-hydrogen) atoms. The first-order chi connectivity index (χ1) is 7.65. The molecule has 0 spiro atoms. The Morgan fingerprint density at radius 2 is 2.19 bits per heavy atom. The summed E-state index contributed by atoms with van der Waals surface area (Å²) in [5.41, 5.74) is 4.02. The van der Waals surface area contributed by atoms with E-state index in [1.165, 1.54) is 23.4 Å². The Hall–Kier alpha value is -0.830. The molecule has 0 amide bonds. The van der Waals surface area contributed by atoms with Gasteiger partial charge in [-0.25, -0.2) is 0 Å². The van der Waals surface area contributed by atoms with Crippen LogP contribution in [0.15, 0.2) is 0 Å². The number of aryl methyl sites for hydroxylation is 1. The van der Waals surface area contributed by atoms with Crippen LogP contribution in [-0.4, -0.2) is 22.9 Å². The first-order valence-electron chi connectivity index (χ1n) is 6.40. The van der Waals surface area contributed by atoms with Crippen LogP contribution in [0.3, 0.4) is 0 Å². The van der Waals surface area contributed by atoms with Crippen LogP contribution in [0.4, 0.5) is 0 Å². The lowest BCUT2D eigenvalue weighted by Crippen LogP contribution is -2.37. The van der Waals surface area contributed by atoms with Gasteiger partial charge in [-0.1, -0.05) is 13.8 Å². The third-order valence-corrected chi connectivity index (χ3v) is 3.88. The van der Waals surface area contributed by atoms with Gasteiger partial charge in [0.15, 0.2) is 0 Å². The summed E-state index contributed by atoms with van der Waals surface area (Å²) >= 11 is 0. The van der Waals surface area contributed by atoms with Crippen LogP contribution in [0.25, 0.3) is 0 Å². The van der Waals surface area contributed by atoms with E-state index in [2.05, 4.69) is 37.7 Å². The Bertz CT molecular complexity index is 367. The number of piperidine rings is 1. The maximum atomic E-state index is 4.74. The van der Waals surface area contributed by atoms with Crippen molar-refractivity contribution in [2.45, 2.75) is 46.6 Å². The minimum atomic E-state index is 0.584. The minimum absolute atomic E-state index is 0.584. The smallest absolute Gasteiger partial charge is 0.0628 e. The second-order valence-corrected chi connectivity index (χ2v) is 4.98. The van der Waals surface area contributed by atoms with Gasteiger partial charge >= 0.3 is 0 Å². The lowest BCUT2D eigenvalue weighted by Gasteiger charge is -2.30. The highest BCUT2D eigenvalue weighted by atomic mass is 15.3. The van der Waals surface area contributed by atoms with Crippen molar-refractivity contribution in [2.75, 3.05) is 13.1 Å². The second-order valence-electron chi connectivity index (χ2n) is 4.98. The highest BCUT2D eigenvalue weighted by molar-refractivity contribution is 5.24. The van der Waals surface area contributed by atoms with Gasteiger partial charge in [0, 0.05) is 5.69 Å². The number of hydrogen-bond acceptors (Lipinski definition) is 2. The van der Waals surface area contributed by atoms with E-state index in [1.54, 1.807) is 0 Å². The van der Waals surface area contributed by atoms with Gasteiger partial charge in [0.2, 0.25) is 0 Å². The van der Waals surface area contributed by atoms with E-state index in [4.69, 9.17) is 5.10 Å². The number of nitrogens with zero attached hydrogens (tertiary/aromatic N) is 2. The first kappa shape index (κ1) is 11.6. The molecule has 1 N–H and O–H groups in total. The van der Waals surface area contributed by atoms with Crippen LogP contribution < -0.4 is 5.32 Å². The van der Waals surface area contributed by atoms with E-state index >= 15 is 0 Å². The lowest BCUT2D eigenvalue weighted by atomic mass is 9.95. The molecule has 1 aromatic heterocycles. The van der Waals surface area contributed by atoms with Crippen LogP contribution in [0.5, 0.6) is 0 Å². The second kappa shape index (κ2) is 4.58. The molecule has 1 aromatic rings. The van der Waals surface area contributed by atoms with Crippen molar-refractivity contribution in [1.29, 1.82) is 0 Å². The van der Waals surface area contributed by atoms with Crippen molar-refractivity contribution in [1.82, 2.24) is 15.1 Å². The average molecular weight is 221 g/mol. The molecule has 90 valence electrons. The molecule has 2 rings (SSSR count). The molecule has 3 nitrogen and oxygen atoms in total. The minimum Gasteiger partial charge on any atom is -0.316 e. The maximum Gasteiger partial charge on any atom is 0.0628 e. The number of hydrogen-bond donors (Lipinski definition) is 1. The van der Waals surface area contributed by atoms with Gasteiger partial charge in [0.05, 0.1) is 11.7 Å². The SMILES string of the molecule is CCc1c(C)nn(C2CCNCC2C)c1C. The van der Waals surface area contributed by atoms with Crippen molar-refractivity contribution >= 4 is 0 Å². The zero-order chi connectivity index (χ0) is 11.7. The molecule has 0 aliphatic carbocycles. The van der Waals surface area contributed by atoms with Crippen LogP contribution in [-0.2, 0) is 6.42 Å². The third-order valence-electron chi connectivity index (χ3n) is 3.88. The van der Waals surface area contributed by atoms with Crippen LogP contribution >= 0.6 is 0 Å². The van der Waals surface area contributed by atoms with Gasteiger partial charge in [-0.3, -0.25) is 4.68 Å². The third kappa shape index (κ3) is 1.88. The normalized spacial score (nSPS) is 26.0. The Balaban J connectivity index is 2.32. The zero-order valence-corrected chi connectivity index (χ0v) is 10.9. The molecule has 1 aliphatic rings. The van der Waals surface area contributed by atoms with E-state index in [9.17, 15) is 0 Å². The lowest BCUT2D eigenvalue weighted by molar-refractivity contribution is 0.251. The van der Waals surface area contributed by atoms with Crippen LogP contribution in [0.2, 0.25) is 0 Å². The molecule has 1 fully saturated rings. The highest BCUT2D eigenvalue weighted by Gasteiger charge is 2.25. The number of rotatable bonds is 2. The molecule has 2 heterocycles. The summed E-state index contributed by atoms with van der Waals surface area (Å²) in [4.78, 5) is 0. The maximum absolute atomic E-state index is 4.74. The van der Waals surface area contributed by atoms with Crippen LogP contribution in [0.1, 0.15) is 43.3 Å². The molecule has 1 saturated heterocycles. The molecule has 0 bridgehead atoms. The van der Waals surface area contributed by atoms with Crippen molar-refractivity contribution in [3.8, 4) is 0 Å². The fourth-order valence-corrected chi connectivity index (χ4v) is 2.90. The molecule has 0 radical (unpaired) electrons. The van der Waals surface area contributed by atoms with Crippen molar-refractivity contribution in [2.24, 2.45) is 5.92 Å². The van der Waals surface area contributed by atoms with E-state index in [0.717, 1.165) is 19.5 Å². The van der Waals surface area contributed by atoms with Gasteiger partial charge in [-0.2, -0.15) is 5.10 Å². The molecule has 2 unspecified atom stereocenters. The van der Waals surface area contributed by atoms with Gasteiger partial charge in [-0.05, 0) is 51.3 Å². The quantitative estimate of drug-likeness (QED) is 0.830. The van der Waals surface area contributed by atoms with Crippen LogP contribution in [0, 0.1) is 19.8 Å². The fraction of sp³-hybridized carbons (Fsp3) is 0.769. The summed E-state index contributed by atoms with van der Waals surface area (Å²) in [6.07, 6.45) is 2.29. The summed E-state index contributed by atoms with van der Waals surface area (Å²) in [5.74, 6) is 0.677. The van der Waals surface area contributed by atoms with Crippen molar-refractivity contribution in [3.05, 3.63) is 17.0 Å².